The Bertz CT molecular complexity index is 1360. The minimum atomic E-state index is -1.20. The summed E-state index contributed by atoms with van der Waals surface area (Å²) in [6.07, 6.45) is 3.96. The molecule has 2 aliphatic carbocycles. The van der Waals surface area contributed by atoms with E-state index in [1.807, 2.05) is 0 Å². The van der Waals surface area contributed by atoms with E-state index < -0.39 is 30.1 Å². The number of carbonyl (C=O) groups is 2. The van der Waals surface area contributed by atoms with Crippen LogP contribution in [0, 0.1) is 5.92 Å². The molecule has 0 radical (unpaired) electrons. The van der Waals surface area contributed by atoms with E-state index in [1.165, 1.54) is 7.11 Å². The molecular weight excluding hydrogens is 583 g/mol. The van der Waals surface area contributed by atoms with Gasteiger partial charge in [0.2, 0.25) is 11.8 Å². The molecular formula is C31H36Cl2N2O7. The molecule has 9 nitrogen and oxygen atoms in total. The molecule has 3 aliphatic rings. The summed E-state index contributed by atoms with van der Waals surface area (Å²) in [7, 11) is 1.48. The van der Waals surface area contributed by atoms with Gasteiger partial charge in [-0.25, -0.2) is 0 Å². The van der Waals surface area contributed by atoms with E-state index in [2.05, 4.69) is 5.32 Å². The number of rotatable bonds is 10. The van der Waals surface area contributed by atoms with Crippen molar-refractivity contribution >= 4 is 35.0 Å². The lowest BCUT2D eigenvalue weighted by Crippen LogP contribution is -2.55. The predicted molar refractivity (Wildman–Crippen MR) is 158 cm³/mol. The van der Waals surface area contributed by atoms with Crippen LogP contribution in [0.5, 0.6) is 11.5 Å². The van der Waals surface area contributed by atoms with E-state index in [0.717, 1.165) is 31.2 Å². The first-order chi connectivity index (χ1) is 20.2. The zero-order valence-electron chi connectivity index (χ0n) is 23.4. The van der Waals surface area contributed by atoms with E-state index in [9.17, 15) is 24.9 Å². The number of nitrogens with zero attached hydrogens (tertiary/aromatic N) is 1. The summed E-state index contributed by atoms with van der Waals surface area (Å²) in [6, 6.07) is 7.63. The molecule has 42 heavy (non-hydrogen) atoms. The second kappa shape index (κ2) is 13.2. The number of ether oxygens (including phenoxy) is 2. The summed E-state index contributed by atoms with van der Waals surface area (Å²) in [5.74, 6) is -0.279. The van der Waals surface area contributed by atoms with Gasteiger partial charge in [-0.2, -0.15) is 0 Å². The molecule has 5 rings (SSSR count). The Morgan fingerprint density at radius 1 is 1.10 bits per heavy atom. The minimum absolute atomic E-state index is 0.0299. The molecule has 2 amide bonds. The fraction of sp³-hybridized carbons (Fsp3) is 0.484. The molecule has 0 bridgehead atoms. The quantitative estimate of drug-likeness (QED) is 0.319. The highest BCUT2D eigenvalue weighted by Crippen LogP contribution is 2.51. The van der Waals surface area contributed by atoms with Crippen molar-refractivity contribution in [2.24, 2.45) is 5.92 Å². The maximum Gasteiger partial charge on any atom is 0.247 e. The second-order valence-electron chi connectivity index (χ2n) is 11.1. The highest BCUT2D eigenvalue weighted by atomic mass is 35.5. The molecule has 1 aliphatic heterocycles. The van der Waals surface area contributed by atoms with Gasteiger partial charge in [-0.05, 0) is 60.2 Å². The van der Waals surface area contributed by atoms with Crippen LogP contribution in [0.25, 0.3) is 0 Å². The van der Waals surface area contributed by atoms with Crippen LogP contribution in [-0.2, 0) is 22.7 Å². The van der Waals surface area contributed by atoms with Gasteiger partial charge in [0.25, 0.3) is 0 Å². The van der Waals surface area contributed by atoms with Crippen LogP contribution in [0.15, 0.2) is 42.0 Å². The van der Waals surface area contributed by atoms with Gasteiger partial charge in [-0.1, -0.05) is 42.1 Å². The summed E-state index contributed by atoms with van der Waals surface area (Å²) in [6.45, 7) is -0.344. The topological polar surface area (TPSA) is 129 Å². The molecule has 4 atom stereocenters. The molecule has 0 spiro atoms. The van der Waals surface area contributed by atoms with Gasteiger partial charge in [0.05, 0.1) is 42.3 Å². The number of amides is 2. The number of halogens is 2. The monoisotopic (exact) mass is 618 g/mol. The molecule has 1 saturated carbocycles. The fourth-order valence-electron chi connectivity index (χ4n) is 6.39. The Kier molecular flexibility index (Phi) is 9.64. The molecule has 0 unspecified atom stereocenters. The summed E-state index contributed by atoms with van der Waals surface area (Å²) >= 11 is 12.4. The SMILES string of the molecule is COc1cc(CO)cc2c1O[C@@H]1[C@@H](O)[C@H](N(Cc3ccc(Cl)c(Cl)c3)C(=O)CC3CCCC3)C=C(C(=O)NCCO)[C@H]21. The Labute approximate surface area is 255 Å². The maximum absolute atomic E-state index is 13.9. The summed E-state index contributed by atoms with van der Waals surface area (Å²) in [4.78, 5) is 29.1. The predicted octanol–water partition coefficient (Wildman–Crippen LogP) is 3.73. The first-order valence-corrected chi connectivity index (χ1v) is 15.0. The van der Waals surface area contributed by atoms with Crippen molar-refractivity contribution in [2.75, 3.05) is 20.3 Å². The fourth-order valence-corrected chi connectivity index (χ4v) is 6.71. The highest BCUT2D eigenvalue weighted by molar-refractivity contribution is 6.42. The molecule has 4 N–H and O–H groups in total. The molecule has 0 saturated heterocycles. The Morgan fingerprint density at radius 2 is 1.86 bits per heavy atom. The van der Waals surface area contributed by atoms with Gasteiger partial charge in [0.15, 0.2) is 11.5 Å². The van der Waals surface area contributed by atoms with Gasteiger partial charge in [0.1, 0.15) is 12.2 Å². The number of benzene rings is 2. The number of aliphatic hydroxyl groups excluding tert-OH is 3. The van der Waals surface area contributed by atoms with Crippen LogP contribution >= 0.6 is 23.2 Å². The lowest BCUT2D eigenvalue weighted by Gasteiger charge is -2.41. The van der Waals surface area contributed by atoms with E-state index in [-0.39, 0.29) is 38.1 Å². The third-order valence-electron chi connectivity index (χ3n) is 8.45. The van der Waals surface area contributed by atoms with Crippen molar-refractivity contribution in [1.29, 1.82) is 0 Å². The summed E-state index contributed by atoms with van der Waals surface area (Å²) < 4.78 is 11.8. The number of nitrogens with one attached hydrogen (secondary N) is 1. The average Bonchev–Trinajstić information content (AvgIpc) is 3.64. The van der Waals surface area contributed by atoms with E-state index in [0.29, 0.717) is 44.7 Å². The number of carbonyl (C=O) groups excluding carboxylic acids is 2. The van der Waals surface area contributed by atoms with Gasteiger partial charge in [-0.15, -0.1) is 0 Å². The van der Waals surface area contributed by atoms with Crippen molar-refractivity contribution in [1.82, 2.24) is 10.2 Å². The third-order valence-corrected chi connectivity index (χ3v) is 9.19. The number of hydrogen-bond acceptors (Lipinski definition) is 7. The van der Waals surface area contributed by atoms with Gasteiger partial charge < -0.3 is 35.0 Å². The van der Waals surface area contributed by atoms with Crippen LogP contribution < -0.4 is 14.8 Å². The number of fused-ring (bicyclic) bond motifs is 3. The standard InChI is InChI=1S/C31H36Cl2N2O7/c1-41-25-12-19(16-37)10-20-27-21(31(40)34-8-9-36)14-24(28(39)30(27)42-29(20)25)35(26(38)13-17-4-2-3-5-17)15-18-6-7-22(32)23(33)11-18/h6-7,10-12,14,17,24,27-28,30,36-37,39H,2-5,8-9,13,15-16H2,1H3,(H,34,40)/t24-,27+,28+,30+/m1/s1. The van der Waals surface area contributed by atoms with Crippen molar-refractivity contribution in [3.8, 4) is 11.5 Å². The van der Waals surface area contributed by atoms with Crippen LogP contribution in [0.3, 0.4) is 0 Å². The summed E-state index contributed by atoms with van der Waals surface area (Å²) in [5, 5.41) is 34.6. The Balaban J connectivity index is 1.58. The van der Waals surface area contributed by atoms with Crippen molar-refractivity contribution in [3.63, 3.8) is 0 Å². The van der Waals surface area contributed by atoms with Crippen LogP contribution in [0.4, 0.5) is 0 Å². The maximum atomic E-state index is 13.9. The van der Waals surface area contributed by atoms with Crippen LogP contribution in [0.1, 0.15) is 54.7 Å². The van der Waals surface area contributed by atoms with E-state index in [4.69, 9.17) is 32.7 Å². The first-order valence-electron chi connectivity index (χ1n) is 14.3. The zero-order chi connectivity index (χ0) is 30.0. The van der Waals surface area contributed by atoms with Crippen LogP contribution in [-0.4, -0.2) is 70.5 Å². The van der Waals surface area contributed by atoms with E-state index in [1.54, 1.807) is 41.3 Å². The Morgan fingerprint density at radius 3 is 2.52 bits per heavy atom. The second-order valence-corrected chi connectivity index (χ2v) is 12.0. The highest BCUT2D eigenvalue weighted by Gasteiger charge is 2.51. The molecule has 2 aromatic rings. The third kappa shape index (κ3) is 6.12. The molecule has 11 heteroatoms. The Hall–Kier alpha value is -2.82. The molecule has 226 valence electrons. The smallest absolute Gasteiger partial charge is 0.247 e. The van der Waals surface area contributed by atoms with E-state index >= 15 is 0 Å². The average molecular weight is 620 g/mol. The molecule has 1 heterocycles. The normalized spacial score (nSPS) is 23.0. The first kappa shape index (κ1) is 30.6. The van der Waals surface area contributed by atoms with Crippen LogP contribution in [0.2, 0.25) is 10.0 Å². The number of aliphatic hydroxyl groups is 3. The van der Waals surface area contributed by atoms with Crippen molar-refractivity contribution in [2.45, 2.75) is 69.4 Å². The number of hydrogen-bond donors (Lipinski definition) is 4. The molecule has 1 fully saturated rings. The van der Waals surface area contributed by atoms with Crippen molar-refractivity contribution < 1.29 is 34.4 Å². The lowest BCUT2D eigenvalue weighted by molar-refractivity contribution is -0.139. The lowest BCUT2D eigenvalue weighted by atomic mass is 9.77. The van der Waals surface area contributed by atoms with Crippen molar-refractivity contribution in [3.05, 3.63) is 68.7 Å². The largest absolute Gasteiger partial charge is 0.493 e. The minimum Gasteiger partial charge on any atom is -0.493 e. The van der Waals surface area contributed by atoms with Gasteiger partial charge in [0, 0.05) is 30.6 Å². The number of methoxy groups -OCH3 is 1. The molecule has 0 aromatic heterocycles. The molecule has 2 aromatic carbocycles. The zero-order valence-corrected chi connectivity index (χ0v) is 24.9. The van der Waals surface area contributed by atoms with Gasteiger partial charge >= 0.3 is 0 Å². The summed E-state index contributed by atoms with van der Waals surface area (Å²) in [5.41, 5.74) is 2.18. The van der Waals surface area contributed by atoms with Gasteiger partial charge in [-0.3, -0.25) is 9.59 Å².